The highest BCUT2D eigenvalue weighted by Crippen LogP contribution is 2.34. The van der Waals surface area contributed by atoms with E-state index in [1.54, 1.807) is 7.11 Å². The van der Waals surface area contributed by atoms with Gasteiger partial charge in [0.25, 0.3) is 0 Å². The zero-order valence-electron chi connectivity index (χ0n) is 14.6. The molecule has 2 atom stereocenters. The van der Waals surface area contributed by atoms with E-state index in [-0.39, 0.29) is 18.6 Å². The highest BCUT2D eigenvalue weighted by molar-refractivity contribution is 6.57. The van der Waals surface area contributed by atoms with Crippen molar-refractivity contribution in [2.75, 3.05) is 13.9 Å². The van der Waals surface area contributed by atoms with Crippen LogP contribution >= 0.6 is 0 Å². The Hall–Kier alpha value is -0.883. The number of aliphatic hydroxyl groups is 1. The third kappa shape index (κ3) is 4.81. The molecule has 0 spiro atoms. The van der Waals surface area contributed by atoms with Gasteiger partial charge in [-0.25, -0.2) is 0 Å². The molecule has 0 aliphatic rings. The summed E-state index contributed by atoms with van der Waals surface area (Å²) in [4.78, 5) is 0. The van der Waals surface area contributed by atoms with E-state index in [1.165, 1.54) is 0 Å². The van der Waals surface area contributed by atoms with Gasteiger partial charge in [0.2, 0.25) is 0 Å². The average Bonchev–Trinajstić information content (AvgIpc) is 2.49. The Balaban J connectivity index is 3.14. The first-order valence-electron chi connectivity index (χ1n) is 7.75. The summed E-state index contributed by atoms with van der Waals surface area (Å²) >= 11 is 0. The van der Waals surface area contributed by atoms with Crippen LogP contribution in [0.2, 0.25) is 13.1 Å². The summed E-state index contributed by atoms with van der Waals surface area (Å²) in [6.45, 7) is 10.5. The van der Waals surface area contributed by atoms with Crippen LogP contribution < -0.4 is 4.74 Å². The lowest BCUT2D eigenvalue weighted by molar-refractivity contribution is -0.0987. The topological polar surface area (TPSA) is 47.9 Å². The Labute approximate surface area is 136 Å². The maximum Gasteiger partial charge on any atom is 0.188 e. The Morgan fingerprint density at radius 2 is 1.95 bits per heavy atom. The highest BCUT2D eigenvalue weighted by Gasteiger charge is 2.40. The van der Waals surface area contributed by atoms with Crippen molar-refractivity contribution >= 4 is 8.80 Å². The molecular weight excluding hydrogens is 296 g/mol. The van der Waals surface area contributed by atoms with Crippen LogP contribution in [0.25, 0.3) is 0 Å². The minimum absolute atomic E-state index is 0.0795. The third-order valence-electron chi connectivity index (χ3n) is 3.58. The summed E-state index contributed by atoms with van der Waals surface area (Å²) in [5.41, 5.74) is -0.352. The summed E-state index contributed by atoms with van der Waals surface area (Å²) < 4.78 is 16.5. The second-order valence-corrected chi connectivity index (χ2v) is 8.68. The van der Waals surface area contributed by atoms with Crippen LogP contribution in [0.4, 0.5) is 0 Å². The van der Waals surface area contributed by atoms with Crippen LogP contribution in [0.1, 0.15) is 32.8 Å². The molecule has 4 nitrogen and oxygen atoms in total. The van der Waals surface area contributed by atoms with E-state index >= 15 is 0 Å². The van der Waals surface area contributed by atoms with Gasteiger partial charge in [0, 0.05) is 7.11 Å². The van der Waals surface area contributed by atoms with Crippen LogP contribution in [-0.2, 0) is 15.1 Å². The predicted octanol–water partition coefficient (Wildman–Crippen LogP) is 3.35. The number of hydrogen-bond donors (Lipinski definition) is 1. The normalized spacial score (nSPS) is 15.9. The quantitative estimate of drug-likeness (QED) is 0.559. The lowest BCUT2D eigenvalue weighted by atomic mass is 9.91. The molecule has 125 valence electrons. The van der Waals surface area contributed by atoms with E-state index in [1.807, 2.05) is 45.0 Å². The minimum Gasteiger partial charge on any atom is -0.468 e. The van der Waals surface area contributed by atoms with Gasteiger partial charge < -0.3 is 19.3 Å². The summed E-state index contributed by atoms with van der Waals surface area (Å²) in [5, 5.41) is 11.3. The molecule has 1 aromatic carbocycles. The SMILES string of the molecule is CCC(O)(c1cccc(OCOC)c1)C(OC(C)C)[Si](C)C. The first kappa shape index (κ1) is 19.2. The number of methoxy groups -OCH3 is 1. The fraction of sp³-hybridized carbons (Fsp3) is 0.647. The fourth-order valence-electron chi connectivity index (χ4n) is 2.52. The van der Waals surface area contributed by atoms with Gasteiger partial charge in [-0.05, 0) is 38.0 Å². The molecule has 0 saturated heterocycles. The Kier molecular flexibility index (Phi) is 7.55. The smallest absolute Gasteiger partial charge is 0.188 e. The van der Waals surface area contributed by atoms with Gasteiger partial charge in [-0.3, -0.25) is 0 Å². The molecule has 0 fully saturated rings. The molecule has 0 aliphatic carbocycles. The van der Waals surface area contributed by atoms with Gasteiger partial charge in [-0.1, -0.05) is 32.2 Å². The molecule has 1 rings (SSSR count). The molecule has 0 bridgehead atoms. The Bertz CT molecular complexity index is 450. The number of benzene rings is 1. The number of ether oxygens (including phenoxy) is 3. The van der Waals surface area contributed by atoms with E-state index in [4.69, 9.17) is 14.2 Å². The van der Waals surface area contributed by atoms with Crippen LogP contribution in [-0.4, -0.2) is 39.6 Å². The molecule has 2 unspecified atom stereocenters. The van der Waals surface area contributed by atoms with Crippen molar-refractivity contribution in [1.29, 1.82) is 0 Å². The molecule has 0 heterocycles. The van der Waals surface area contributed by atoms with Gasteiger partial charge in [0.15, 0.2) is 6.79 Å². The zero-order valence-corrected chi connectivity index (χ0v) is 15.6. The number of rotatable bonds is 9. The van der Waals surface area contributed by atoms with Crippen molar-refractivity contribution in [3.8, 4) is 5.75 Å². The van der Waals surface area contributed by atoms with E-state index in [0.717, 1.165) is 5.56 Å². The van der Waals surface area contributed by atoms with E-state index in [0.29, 0.717) is 12.2 Å². The van der Waals surface area contributed by atoms with Gasteiger partial charge in [-0.15, -0.1) is 0 Å². The van der Waals surface area contributed by atoms with Crippen LogP contribution in [0.3, 0.4) is 0 Å². The lowest BCUT2D eigenvalue weighted by Crippen LogP contribution is -2.49. The first-order valence-corrected chi connectivity index (χ1v) is 10.3. The van der Waals surface area contributed by atoms with Gasteiger partial charge in [0.1, 0.15) is 11.4 Å². The van der Waals surface area contributed by atoms with Crippen molar-refractivity contribution in [2.45, 2.75) is 57.7 Å². The van der Waals surface area contributed by atoms with Crippen molar-refractivity contribution in [2.24, 2.45) is 0 Å². The lowest BCUT2D eigenvalue weighted by Gasteiger charge is -2.39. The molecular formula is C17H29O4Si. The monoisotopic (exact) mass is 325 g/mol. The molecule has 0 aromatic heterocycles. The average molecular weight is 326 g/mol. The van der Waals surface area contributed by atoms with Crippen LogP contribution in [0, 0.1) is 0 Å². The van der Waals surface area contributed by atoms with E-state index in [2.05, 4.69) is 13.1 Å². The summed E-state index contributed by atoms with van der Waals surface area (Å²) in [6.07, 6.45) is 0.671. The fourth-order valence-corrected chi connectivity index (χ4v) is 4.39. The minimum atomic E-state index is -1.01. The van der Waals surface area contributed by atoms with Crippen LogP contribution in [0.5, 0.6) is 5.75 Å². The summed E-state index contributed by atoms with van der Waals surface area (Å²) in [6, 6.07) is 7.57. The van der Waals surface area contributed by atoms with Gasteiger partial charge >= 0.3 is 0 Å². The largest absolute Gasteiger partial charge is 0.468 e. The van der Waals surface area contributed by atoms with Gasteiger partial charge in [-0.2, -0.15) is 0 Å². The maximum atomic E-state index is 11.3. The van der Waals surface area contributed by atoms with Crippen molar-refractivity contribution in [3.05, 3.63) is 29.8 Å². The van der Waals surface area contributed by atoms with Crippen molar-refractivity contribution in [1.82, 2.24) is 0 Å². The first-order chi connectivity index (χ1) is 10.3. The maximum absolute atomic E-state index is 11.3. The van der Waals surface area contributed by atoms with E-state index in [9.17, 15) is 5.11 Å². The molecule has 1 N–H and O–H groups in total. The molecule has 1 aromatic rings. The number of hydrogen-bond acceptors (Lipinski definition) is 4. The van der Waals surface area contributed by atoms with E-state index < -0.39 is 14.4 Å². The Morgan fingerprint density at radius 3 is 2.45 bits per heavy atom. The van der Waals surface area contributed by atoms with Crippen molar-refractivity contribution < 1.29 is 19.3 Å². The zero-order chi connectivity index (χ0) is 16.8. The van der Waals surface area contributed by atoms with Gasteiger partial charge in [0.05, 0.1) is 20.6 Å². The van der Waals surface area contributed by atoms with Crippen molar-refractivity contribution in [3.63, 3.8) is 0 Å². The second-order valence-electron chi connectivity index (χ2n) is 6.00. The molecule has 0 aliphatic heterocycles. The Morgan fingerprint density at radius 1 is 1.27 bits per heavy atom. The molecule has 0 saturated carbocycles. The summed E-state index contributed by atoms with van der Waals surface area (Å²) in [7, 11) is 0.734. The highest BCUT2D eigenvalue weighted by atomic mass is 28.3. The summed E-state index contributed by atoms with van der Waals surface area (Å²) in [5.74, 6) is 0.690. The molecule has 0 amide bonds. The third-order valence-corrected chi connectivity index (χ3v) is 5.25. The van der Waals surface area contributed by atoms with Crippen LogP contribution in [0.15, 0.2) is 24.3 Å². The standard InChI is InChI=1S/C17H29O4Si/c1-7-17(18,16(22(5)6)21-13(2)3)14-9-8-10-15(11-14)20-12-19-4/h8-11,13,16,18H,7,12H2,1-6H3. The second kappa shape index (κ2) is 8.67. The molecule has 22 heavy (non-hydrogen) atoms. The molecule has 5 heteroatoms. The molecule has 1 radical (unpaired) electrons. The predicted molar refractivity (Wildman–Crippen MR) is 90.6 cm³/mol.